The van der Waals surface area contributed by atoms with E-state index in [2.05, 4.69) is 13.8 Å². The SMILES string of the molecule is CCCCCCCCCCC(CCCCC(O)CCCCCC)S(=O)(=O)[O-].[K+]. The molecule has 0 aromatic rings. The van der Waals surface area contributed by atoms with E-state index in [-0.39, 0.29) is 57.5 Å². The zero-order chi connectivity index (χ0) is 20.4. The summed E-state index contributed by atoms with van der Waals surface area (Å²) in [6.07, 6.45) is 17.7. The van der Waals surface area contributed by atoms with Crippen molar-refractivity contribution in [3.05, 3.63) is 0 Å². The first-order chi connectivity index (χ1) is 12.9. The summed E-state index contributed by atoms with van der Waals surface area (Å²) in [7, 11) is -4.20. The minimum atomic E-state index is -4.20. The van der Waals surface area contributed by atoms with Crippen molar-refractivity contribution in [2.24, 2.45) is 0 Å². The van der Waals surface area contributed by atoms with Gasteiger partial charge in [-0.2, -0.15) is 0 Å². The number of aliphatic hydroxyl groups is 1. The second-order valence-corrected chi connectivity index (χ2v) is 9.82. The molecule has 4 nitrogen and oxygen atoms in total. The Bertz CT molecular complexity index is 415. The van der Waals surface area contributed by atoms with E-state index in [1.807, 2.05) is 0 Å². The molecule has 0 saturated carbocycles. The van der Waals surface area contributed by atoms with E-state index in [1.165, 1.54) is 51.4 Å². The summed E-state index contributed by atoms with van der Waals surface area (Å²) in [4.78, 5) is 0. The van der Waals surface area contributed by atoms with Crippen molar-refractivity contribution in [3.63, 3.8) is 0 Å². The molecule has 0 aliphatic heterocycles. The maximum absolute atomic E-state index is 11.5. The molecule has 0 spiro atoms. The molecule has 2 atom stereocenters. The molecule has 6 heteroatoms. The predicted molar refractivity (Wildman–Crippen MR) is 114 cm³/mol. The first-order valence-corrected chi connectivity index (χ1v) is 13.0. The summed E-state index contributed by atoms with van der Waals surface area (Å²) in [6, 6.07) is 0. The van der Waals surface area contributed by atoms with E-state index in [0.29, 0.717) is 12.8 Å². The van der Waals surface area contributed by atoms with Gasteiger partial charge in [0, 0.05) is 5.25 Å². The molecular weight excluding hydrogens is 399 g/mol. The molecule has 0 aromatic carbocycles. The molecular formula is C22H45KO4S. The molecule has 0 rings (SSSR count). The van der Waals surface area contributed by atoms with Crippen molar-refractivity contribution in [2.45, 2.75) is 141 Å². The molecule has 164 valence electrons. The fraction of sp³-hybridized carbons (Fsp3) is 1.00. The van der Waals surface area contributed by atoms with Crippen molar-refractivity contribution in [1.82, 2.24) is 0 Å². The third kappa shape index (κ3) is 20.8. The molecule has 0 aliphatic rings. The molecule has 0 fully saturated rings. The Labute approximate surface area is 218 Å². The van der Waals surface area contributed by atoms with Gasteiger partial charge in [0.25, 0.3) is 0 Å². The normalized spacial score (nSPS) is 13.9. The van der Waals surface area contributed by atoms with E-state index in [0.717, 1.165) is 51.4 Å². The van der Waals surface area contributed by atoms with Crippen LogP contribution in [0.2, 0.25) is 0 Å². The monoisotopic (exact) mass is 444 g/mol. The average Bonchev–Trinajstić information content (AvgIpc) is 2.61. The van der Waals surface area contributed by atoms with E-state index in [9.17, 15) is 18.1 Å². The second-order valence-electron chi connectivity index (χ2n) is 8.17. The Kier molecular flexibility index (Phi) is 24.6. The first-order valence-electron chi connectivity index (χ1n) is 11.5. The van der Waals surface area contributed by atoms with Gasteiger partial charge in [0.15, 0.2) is 0 Å². The van der Waals surface area contributed by atoms with Gasteiger partial charge >= 0.3 is 51.4 Å². The molecule has 0 aromatic heterocycles. The minimum Gasteiger partial charge on any atom is -0.748 e. The Morgan fingerprint density at radius 2 is 0.964 bits per heavy atom. The standard InChI is InChI=1S/C22H46O4S.K/c1-3-5-7-9-10-11-12-14-19-22(27(24,25)26)20-16-15-18-21(23)17-13-8-6-4-2;/h21-23H,3-20H2,1-2H3,(H,24,25,26);/q;+1/p-1. The van der Waals surface area contributed by atoms with Crippen LogP contribution in [-0.2, 0) is 10.1 Å². The van der Waals surface area contributed by atoms with Crippen LogP contribution in [0.25, 0.3) is 0 Å². The molecule has 0 aliphatic carbocycles. The van der Waals surface area contributed by atoms with Crippen molar-refractivity contribution in [1.29, 1.82) is 0 Å². The van der Waals surface area contributed by atoms with Gasteiger partial charge in [-0.1, -0.05) is 104 Å². The molecule has 0 heterocycles. The van der Waals surface area contributed by atoms with Crippen LogP contribution in [0.3, 0.4) is 0 Å². The third-order valence-electron chi connectivity index (χ3n) is 5.49. The zero-order valence-electron chi connectivity index (χ0n) is 19.0. The van der Waals surface area contributed by atoms with Crippen LogP contribution in [-0.4, -0.2) is 29.4 Å². The quantitative estimate of drug-likeness (QED) is 0.177. The molecule has 0 amide bonds. The van der Waals surface area contributed by atoms with Crippen LogP contribution in [0, 0.1) is 0 Å². The summed E-state index contributed by atoms with van der Waals surface area (Å²) < 4.78 is 34.5. The summed E-state index contributed by atoms with van der Waals surface area (Å²) >= 11 is 0. The summed E-state index contributed by atoms with van der Waals surface area (Å²) in [5.41, 5.74) is 0. The second kappa shape index (κ2) is 21.7. The molecule has 1 N–H and O–H groups in total. The molecule has 0 radical (unpaired) electrons. The summed E-state index contributed by atoms with van der Waals surface area (Å²) in [6.45, 7) is 4.38. The van der Waals surface area contributed by atoms with E-state index < -0.39 is 15.4 Å². The number of hydrogen-bond donors (Lipinski definition) is 1. The van der Waals surface area contributed by atoms with Crippen molar-refractivity contribution < 1.29 is 69.5 Å². The van der Waals surface area contributed by atoms with Crippen LogP contribution in [0.15, 0.2) is 0 Å². The number of hydrogen-bond acceptors (Lipinski definition) is 4. The average molecular weight is 445 g/mol. The molecule has 0 saturated heterocycles. The fourth-order valence-electron chi connectivity index (χ4n) is 3.64. The van der Waals surface area contributed by atoms with Gasteiger partial charge in [-0.05, 0) is 25.7 Å². The summed E-state index contributed by atoms with van der Waals surface area (Å²) in [5.74, 6) is 0. The molecule has 2 unspecified atom stereocenters. The predicted octanol–water partition coefficient (Wildman–Crippen LogP) is 3.33. The van der Waals surface area contributed by atoms with Gasteiger partial charge in [-0.3, -0.25) is 0 Å². The summed E-state index contributed by atoms with van der Waals surface area (Å²) in [5, 5.41) is 9.23. The number of unbranched alkanes of at least 4 members (excludes halogenated alkanes) is 11. The van der Waals surface area contributed by atoms with Crippen LogP contribution in [0.4, 0.5) is 0 Å². The molecule has 0 bridgehead atoms. The molecule has 28 heavy (non-hydrogen) atoms. The maximum Gasteiger partial charge on any atom is 1.00 e. The zero-order valence-corrected chi connectivity index (χ0v) is 22.9. The smallest absolute Gasteiger partial charge is 0.748 e. The van der Waals surface area contributed by atoms with Gasteiger partial charge in [0.05, 0.1) is 16.2 Å². The van der Waals surface area contributed by atoms with Gasteiger partial charge in [0.1, 0.15) is 0 Å². The first kappa shape index (κ1) is 31.7. The largest absolute Gasteiger partial charge is 1.00 e. The Hall–Kier alpha value is 1.51. The van der Waals surface area contributed by atoms with Crippen LogP contribution in [0.1, 0.15) is 129 Å². The topological polar surface area (TPSA) is 77.4 Å². The third-order valence-corrected chi connectivity index (χ3v) is 6.78. The maximum atomic E-state index is 11.5. The van der Waals surface area contributed by atoms with Gasteiger partial charge < -0.3 is 9.66 Å². The van der Waals surface area contributed by atoms with E-state index in [4.69, 9.17) is 0 Å². The van der Waals surface area contributed by atoms with Crippen molar-refractivity contribution in [2.75, 3.05) is 0 Å². The Balaban J connectivity index is 0. The van der Waals surface area contributed by atoms with Gasteiger partial charge in [0.2, 0.25) is 0 Å². The minimum absolute atomic E-state index is 0. The number of rotatable bonds is 20. The van der Waals surface area contributed by atoms with E-state index >= 15 is 0 Å². The van der Waals surface area contributed by atoms with Crippen LogP contribution >= 0.6 is 0 Å². The van der Waals surface area contributed by atoms with Crippen molar-refractivity contribution in [3.8, 4) is 0 Å². The van der Waals surface area contributed by atoms with Crippen LogP contribution in [0.5, 0.6) is 0 Å². The van der Waals surface area contributed by atoms with Gasteiger partial charge in [-0.25, -0.2) is 8.42 Å². The van der Waals surface area contributed by atoms with Crippen LogP contribution < -0.4 is 51.4 Å². The number of aliphatic hydroxyl groups excluding tert-OH is 1. The van der Waals surface area contributed by atoms with Crippen molar-refractivity contribution >= 4 is 10.1 Å². The fourth-order valence-corrected chi connectivity index (χ4v) is 4.55. The van der Waals surface area contributed by atoms with E-state index in [1.54, 1.807) is 0 Å². The Morgan fingerprint density at radius 3 is 1.43 bits per heavy atom. The Morgan fingerprint density at radius 1 is 0.643 bits per heavy atom. The van der Waals surface area contributed by atoms with Gasteiger partial charge in [-0.15, -0.1) is 0 Å².